The lowest BCUT2D eigenvalue weighted by atomic mass is 10.1. The molecule has 2 N–H and O–H groups in total. The zero-order valence-corrected chi connectivity index (χ0v) is 10.5. The maximum atomic E-state index is 13.3. The number of phenolic OH excluding ortho intramolecular Hbond substituents is 1. The van der Waals surface area contributed by atoms with Crippen molar-refractivity contribution in [2.75, 3.05) is 26.1 Å². The summed E-state index contributed by atoms with van der Waals surface area (Å²) >= 11 is 0. The van der Waals surface area contributed by atoms with Crippen LogP contribution in [0.5, 0.6) is 5.75 Å². The van der Waals surface area contributed by atoms with Gasteiger partial charge >= 0.3 is 5.97 Å². The van der Waals surface area contributed by atoms with Crippen molar-refractivity contribution in [2.24, 2.45) is 0 Å². The predicted octanol–water partition coefficient (Wildman–Crippen LogP) is 1.76. The molecule has 18 heavy (non-hydrogen) atoms. The van der Waals surface area contributed by atoms with Crippen LogP contribution in [0.15, 0.2) is 12.1 Å². The number of carbonyl (C=O) groups is 1. The van der Waals surface area contributed by atoms with Gasteiger partial charge in [-0.15, -0.1) is 0 Å². The second-order valence-corrected chi connectivity index (χ2v) is 3.84. The summed E-state index contributed by atoms with van der Waals surface area (Å²) in [4.78, 5) is 11.5. The molecular formula is C12H16FNO4. The molecular weight excluding hydrogens is 241 g/mol. The molecule has 0 aliphatic rings. The van der Waals surface area contributed by atoms with Gasteiger partial charge in [0.2, 0.25) is 0 Å². The van der Waals surface area contributed by atoms with Crippen molar-refractivity contribution in [2.45, 2.75) is 13.0 Å². The number of phenols is 1. The number of ether oxygens (including phenoxy) is 2. The average Bonchev–Trinajstić information content (AvgIpc) is 2.32. The number of rotatable bonds is 5. The van der Waals surface area contributed by atoms with E-state index in [9.17, 15) is 14.3 Å². The number of benzene rings is 1. The minimum absolute atomic E-state index is 0.0688. The minimum Gasteiger partial charge on any atom is -0.505 e. The Morgan fingerprint density at radius 1 is 1.50 bits per heavy atom. The second kappa shape index (κ2) is 6.20. The molecule has 1 aromatic carbocycles. The minimum atomic E-state index is -0.810. The van der Waals surface area contributed by atoms with Gasteiger partial charge in [0.1, 0.15) is 0 Å². The Kier molecular flexibility index (Phi) is 4.91. The Morgan fingerprint density at radius 2 is 2.17 bits per heavy atom. The molecule has 100 valence electrons. The number of methoxy groups -OCH3 is 2. The van der Waals surface area contributed by atoms with Gasteiger partial charge in [-0.25, -0.2) is 9.18 Å². The van der Waals surface area contributed by atoms with Gasteiger partial charge in [-0.1, -0.05) is 0 Å². The molecule has 0 saturated carbocycles. The summed E-state index contributed by atoms with van der Waals surface area (Å²) in [5.74, 6) is -2.06. The molecule has 0 bridgehead atoms. The van der Waals surface area contributed by atoms with Crippen LogP contribution < -0.4 is 5.32 Å². The second-order valence-electron chi connectivity index (χ2n) is 3.84. The first-order valence-corrected chi connectivity index (χ1v) is 5.35. The fourth-order valence-corrected chi connectivity index (χ4v) is 1.52. The lowest BCUT2D eigenvalue weighted by molar-refractivity contribution is 0.0601. The molecule has 1 rings (SSSR count). The fourth-order valence-electron chi connectivity index (χ4n) is 1.52. The Morgan fingerprint density at radius 3 is 2.72 bits per heavy atom. The van der Waals surface area contributed by atoms with Gasteiger partial charge in [-0.2, -0.15) is 0 Å². The highest BCUT2D eigenvalue weighted by Gasteiger charge is 2.17. The number of hydrogen-bond donors (Lipinski definition) is 2. The van der Waals surface area contributed by atoms with Crippen LogP contribution in [0, 0.1) is 5.82 Å². The molecule has 0 saturated heterocycles. The van der Waals surface area contributed by atoms with Crippen LogP contribution in [0.1, 0.15) is 17.3 Å². The number of hydrogen-bond acceptors (Lipinski definition) is 5. The molecule has 0 fully saturated rings. The molecule has 0 aliphatic carbocycles. The average molecular weight is 257 g/mol. The predicted molar refractivity (Wildman–Crippen MR) is 64.4 cm³/mol. The van der Waals surface area contributed by atoms with Gasteiger partial charge in [-0.05, 0) is 13.0 Å². The van der Waals surface area contributed by atoms with Crippen LogP contribution in [0.4, 0.5) is 10.1 Å². The lowest BCUT2D eigenvalue weighted by Gasteiger charge is -2.17. The summed E-state index contributed by atoms with van der Waals surface area (Å²) in [6.07, 6.45) is 0. The van der Waals surface area contributed by atoms with Crippen LogP contribution in [0.3, 0.4) is 0 Å². The first kappa shape index (κ1) is 14.2. The third-order valence-corrected chi connectivity index (χ3v) is 2.31. The summed E-state index contributed by atoms with van der Waals surface area (Å²) in [6, 6.07) is 1.96. The Labute approximate surface area is 105 Å². The van der Waals surface area contributed by atoms with E-state index in [1.807, 2.05) is 6.92 Å². The molecule has 0 unspecified atom stereocenters. The van der Waals surface area contributed by atoms with Gasteiger partial charge in [-0.3, -0.25) is 0 Å². The van der Waals surface area contributed by atoms with E-state index >= 15 is 0 Å². The molecule has 0 spiro atoms. The van der Waals surface area contributed by atoms with Gasteiger partial charge in [0.05, 0.1) is 25.0 Å². The number of anilines is 1. The number of carbonyl (C=O) groups excluding carboxylic acids is 1. The number of esters is 1. The summed E-state index contributed by atoms with van der Waals surface area (Å²) in [6.45, 7) is 2.21. The largest absolute Gasteiger partial charge is 0.505 e. The molecule has 0 amide bonds. The molecule has 0 aromatic heterocycles. The molecule has 6 heteroatoms. The first-order chi connectivity index (χ1) is 8.49. The maximum Gasteiger partial charge on any atom is 0.340 e. The van der Waals surface area contributed by atoms with Crippen LogP contribution in [0.25, 0.3) is 0 Å². The Balaban J connectivity index is 3.07. The fraction of sp³-hybridized carbons (Fsp3) is 0.417. The van der Waals surface area contributed by atoms with Crippen molar-refractivity contribution in [1.82, 2.24) is 0 Å². The Hall–Kier alpha value is -1.82. The lowest BCUT2D eigenvalue weighted by Crippen LogP contribution is -2.22. The monoisotopic (exact) mass is 257 g/mol. The van der Waals surface area contributed by atoms with Gasteiger partial charge in [0.15, 0.2) is 11.6 Å². The zero-order chi connectivity index (χ0) is 13.7. The Bertz CT molecular complexity index is 436. The normalized spacial score (nSPS) is 12.0. The molecule has 0 aliphatic heterocycles. The van der Waals surface area contributed by atoms with Crippen LogP contribution in [-0.2, 0) is 9.47 Å². The van der Waals surface area contributed by atoms with Crippen molar-refractivity contribution in [3.8, 4) is 5.75 Å². The first-order valence-electron chi connectivity index (χ1n) is 5.35. The number of halogens is 1. The summed E-state index contributed by atoms with van der Waals surface area (Å²) in [5, 5.41) is 12.2. The van der Waals surface area contributed by atoms with E-state index < -0.39 is 17.5 Å². The highest BCUT2D eigenvalue weighted by atomic mass is 19.1. The highest BCUT2D eigenvalue weighted by molar-refractivity contribution is 5.96. The van der Waals surface area contributed by atoms with Gasteiger partial charge in [0, 0.05) is 19.2 Å². The number of nitrogens with one attached hydrogen (secondary N) is 1. The standard InChI is InChI=1S/C12H16FNO4/c1-7(6-17-2)14-10-5-9(13)11(15)4-8(10)12(16)18-3/h4-5,7,14-15H,6H2,1-3H3/t7-/m0/s1. The topological polar surface area (TPSA) is 67.8 Å². The zero-order valence-electron chi connectivity index (χ0n) is 10.5. The molecule has 1 aromatic rings. The van der Waals surface area contributed by atoms with Crippen molar-refractivity contribution >= 4 is 11.7 Å². The van der Waals surface area contributed by atoms with E-state index in [2.05, 4.69) is 10.1 Å². The van der Waals surface area contributed by atoms with Crippen LogP contribution >= 0.6 is 0 Å². The van der Waals surface area contributed by atoms with E-state index in [1.165, 1.54) is 14.2 Å². The van der Waals surface area contributed by atoms with E-state index in [1.54, 1.807) is 0 Å². The van der Waals surface area contributed by atoms with Crippen LogP contribution in [-0.4, -0.2) is 37.9 Å². The summed E-state index contributed by atoms with van der Waals surface area (Å²) in [7, 11) is 2.75. The van der Waals surface area contributed by atoms with E-state index in [0.717, 1.165) is 12.1 Å². The molecule has 0 radical (unpaired) electrons. The third kappa shape index (κ3) is 3.33. The molecule has 1 atom stereocenters. The van der Waals surface area contributed by atoms with Gasteiger partial charge < -0.3 is 19.9 Å². The quantitative estimate of drug-likeness (QED) is 0.621. The number of aromatic hydroxyl groups is 1. The van der Waals surface area contributed by atoms with Crippen LogP contribution in [0.2, 0.25) is 0 Å². The smallest absolute Gasteiger partial charge is 0.340 e. The van der Waals surface area contributed by atoms with Gasteiger partial charge in [0.25, 0.3) is 0 Å². The van der Waals surface area contributed by atoms with Crippen molar-refractivity contribution in [3.63, 3.8) is 0 Å². The van der Waals surface area contributed by atoms with Crippen molar-refractivity contribution < 1.29 is 23.8 Å². The molecule has 0 heterocycles. The SMILES string of the molecule is COC[C@H](C)Nc1cc(F)c(O)cc1C(=O)OC. The van der Waals surface area contributed by atoms with E-state index in [4.69, 9.17) is 4.74 Å². The van der Waals surface area contributed by atoms with E-state index in [-0.39, 0.29) is 17.3 Å². The highest BCUT2D eigenvalue weighted by Crippen LogP contribution is 2.26. The third-order valence-electron chi connectivity index (χ3n) is 2.31. The summed E-state index contributed by atoms with van der Waals surface area (Å²) < 4.78 is 22.8. The molecule has 5 nitrogen and oxygen atoms in total. The summed E-state index contributed by atoms with van der Waals surface area (Å²) in [5.41, 5.74) is 0.320. The van der Waals surface area contributed by atoms with Crippen molar-refractivity contribution in [3.05, 3.63) is 23.5 Å². The maximum absolute atomic E-state index is 13.3. The van der Waals surface area contributed by atoms with Crippen molar-refractivity contribution in [1.29, 1.82) is 0 Å². The van der Waals surface area contributed by atoms with E-state index in [0.29, 0.717) is 6.61 Å².